The topological polar surface area (TPSA) is 73.3 Å². The second-order valence-corrected chi connectivity index (χ2v) is 6.37. The van der Waals surface area contributed by atoms with Crippen molar-refractivity contribution in [3.05, 3.63) is 59.7 Å². The predicted octanol–water partition coefficient (Wildman–Crippen LogP) is 4.00. The Kier molecular flexibility index (Phi) is 5.93. The molecule has 7 heteroatoms. The summed E-state index contributed by atoms with van der Waals surface area (Å²) in [6.07, 6.45) is 0. The lowest BCUT2D eigenvalue weighted by atomic mass is 10.1. The first-order valence-corrected chi connectivity index (χ1v) is 8.98. The van der Waals surface area contributed by atoms with Crippen LogP contribution in [0.15, 0.2) is 48.5 Å². The molecular weight excluding hydrogens is 350 g/mol. The van der Waals surface area contributed by atoms with Gasteiger partial charge in [-0.25, -0.2) is 0 Å². The van der Waals surface area contributed by atoms with Crippen molar-refractivity contribution in [1.82, 2.24) is 10.2 Å². The molecule has 1 aromatic heterocycles. The zero-order chi connectivity index (χ0) is 18.4. The summed E-state index contributed by atoms with van der Waals surface area (Å²) in [5.74, 6) is 0.443. The normalized spacial score (nSPS) is 10.5. The van der Waals surface area contributed by atoms with Crippen LogP contribution in [0.25, 0.3) is 10.6 Å². The average Bonchev–Trinajstić information content (AvgIpc) is 3.15. The third-order valence-corrected chi connectivity index (χ3v) is 4.56. The third-order valence-electron chi connectivity index (χ3n) is 3.67. The SMILES string of the molecule is CCOCc1cc(C(=O)Nc2nnc(-c3ccccc3)s2)ccc1OC. The van der Waals surface area contributed by atoms with Crippen LogP contribution >= 0.6 is 11.3 Å². The van der Waals surface area contributed by atoms with E-state index in [-0.39, 0.29) is 5.91 Å². The minimum absolute atomic E-state index is 0.249. The highest BCUT2D eigenvalue weighted by molar-refractivity contribution is 7.18. The van der Waals surface area contributed by atoms with Gasteiger partial charge in [0.25, 0.3) is 5.91 Å². The first-order chi connectivity index (χ1) is 12.7. The van der Waals surface area contributed by atoms with Crippen LogP contribution in [-0.4, -0.2) is 29.8 Å². The number of amides is 1. The Morgan fingerprint density at radius 3 is 2.69 bits per heavy atom. The molecule has 3 rings (SSSR count). The molecule has 0 saturated heterocycles. The fraction of sp³-hybridized carbons (Fsp3) is 0.211. The van der Waals surface area contributed by atoms with Gasteiger partial charge in [-0.3, -0.25) is 10.1 Å². The van der Waals surface area contributed by atoms with E-state index in [0.717, 1.165) is 16.1 Å². The van der Waals surface area contributed by atoms with Gasteiger partial charge in [0.15, 0.2) is 0 Å². The van der Waals surface area contributed by atoms with Crippen molar-refractivity contribution < 1.29 is 14.3 Å². The van der Waals surface area contributed by atoms with Gasteiger partial charge in [0.1, 0.15) is 10.8 Å². The Hall–Kier alpha value is -2.77. The zero-order valence-corrected chi connectivity index (χ0v) is 15.4. The van der Waals surface area contributed by atoms with Crippen molar-refractivity contribution in [1.29, 1.82) is 0 Å². The highest BCUT2D eigenvalue weighted by atomic mass is 32.1. The van der Waals surface area contributed by atoms with Crippen molar-refractivity contribution in [2.45, 2.75) is 13.5 Å². The number of benzene rings is 2. The van der Waals surface area contributed by atoms with Gasteiger partial charge in [-0.2, -0.15) is 0 Å². The van der Waals surface area contributed by atoms with Gasteiger partial charge in [-0.1, -0.05) is 41.7 Å². The number of hydrogen-bond acceptors (Lipinski definition) is 6. The van der Waals surface area contributed by atoms with Crippen LogP contribution in [0.4, 0.5) is 5.13 Å². The molecule has 0 radical (unpaired) electrons. The number of anilines is 1. The van der Waals surface area contributed by atoms with E-state index in [4.69, 9.17) is 9.47 Å². The lowest BCUT2D eigenvalue weighted by Gasteiger charge is -2.10. The second kappa shape index (κ2) is 8.55. The summed E-state index contributed by atoms with van der Waals surface area (Å²) in [7, 11) is 1.59. The number of nitrogens with zero attached hydrogens (tertiary/aromatic N) is 2. The zero-order valence-electron chi connectivity index (χ0n) is 14.6. The van der Waals surface area contributed by atoms with Gasteiger partial charge in [0.05, 0.1) is 13.7 Å². The van der Waals surface area contributed by atoms with E-state index in [1.165, 1.54) is 11.3 Å². The van der Waals surface area contributed by atoms with Gasteiger partial charge < -0.3 is 9.47 Å². The number of nitrogens with one attached hydrogen (secondary N) is 1. The average molecular weight is 369 g/mol. The Labute approximate surface area is 155 Å². The molecule has 3 aromatic rings. The minimum atomic E-state index is -0.249. The number of carbonyl (C=O) groups excluding carboxylic acids is 1. The molecule has 0 atom stereocenters. The van der Waals surface area contributed by atoms with E-state index in [1.54, 1.807) is 25.3 Å². The molecule has 6 nitrogen and oxygen atoms in total. The highest BCUT2D eigenvalue weighted by Gasteiger charge is 2.13. The van der Waals surface area contributed by atoms with Gasteiger partial charge in [0.2, 0.25) is 5.13 Å². The van der Waals surface area contributed by atoms with Crippen molar-refractivity contribution >= 4 is 22.4 Å². The summed E-state index contributed by atoms with van der Waals surface area (Å²) < 4.78 is 10.8. The maximum atomic E-state index is 12.5. The van der Waals surface area contributed by atoms with E-state index < -0.39 is 0 Å². The molecule has 0 aliphatic rings. The fourth-order valence-corrected chi connectivity index (χ4v) is 3.13. The Bertz CT molecular complexity index is 881. The monoisotopic (exact) mass is 369 g/mol. The van der Waals surface area contributed by atoms with Crippen LogP contribution in [0.5, 0.6) is 5.75 Å². The summed E-state index contributed by atoms with van der Waals surface area (Å²) in [5, 5.41) is 12.2. The van der Waals surface area contributed by atoms with Gasteiger partial charge in [0, 0.05) is 23.3 Å². The van der Waals surface area contributed by atoms with Gasteiger partial charge in [-0.05, 0) is 25.1 Å². The van der Waals surface area contributed by atoms with Crippen LogP contribution in [0, 0.1) is 0 Å². The van der Waals surface area contributed by atoms with E-state index in [0.29, 0.717) is 29.7 Å². The van der Waals surface area contributed by atoms with E-state index >= 15 is 0 Å². The predicted molar refractivity (Wildman–Crippen MR) is 102 cm³/mol. The molecule has 0 fully saturated rings. The van der Waals surface area contributed by atoms with Crippen LogP contribution in [-0.2, 0) is 11.3 Å². The fourth-order valence-electron chi connectivity index (χ4n) is 2.39. The summed E-state index contributed by atoms with van der Waals surface area (Å²) in [6, 6.07) is 15.0. The summed E-state index contributed by atoms with van der Waals surface area (Å²) in [5.41, 5.74) is 2.30. The van der Waals surface area contributed by atoms with Crippen molar-refractivity contribution in [3.63, 3.8) is 0 Å². The lowest BCUT2D eigenvalue weighted by molar-refractivity contribution is 0.102. The molecule has 0 aliphatic carbocycles. The number of aromatic nitrogens is 2. The van der Waals surface area contributed by atoms with E-state index in [2.05, 4.69) is 15.5 Å². The van der Waals surface area contributed by atoms with Gasteiger partial charge >= 0.3 is 0 Å². The number of hydrogen-bond donors (Lipinski definition) is 1. The van der Waals surface area contributed by atoms with Crippen LogP contribution in [0.2, 0.25) is 0 Å². The van der Waals surface area contributed by atoms with E-state index in [9.17, 15) is 4.79 Å². The third kappa shape index (κ3) is 4.25. The minimum Gasteiger partial charge on any atom is -0.496 e. The maximum Gasteiger partial charge on any atom is 0.257 e. The molecular formula is C19H19N3O3S. The second-order valence-electron chi connectivity index (χ2n) is 5.40. The molecule has 0 saturated carbocycles. The van der Waals surface area contributed by atoms with Gasteiger partial charge in [-0.15, -0.1) is 10.2 Å². The Balaban J connectivity index is 1.75. The number of methoxy groups -OCH3 is 1. The molecule has 0 spiro atoms. The summed E-state index contributed by atoms with van der Waals surface area (Å²) in [4.78, 5) is 12.5. The van der Waals surface area contributed by atoms with Crippen LogP contribution in [0.3, 0.4) is 0 Å². The largest absolute Gasteiger partial charge is 0.496 e. The van der Waals surface area contributed by atoms with E-state index in [1.807, 2.05) is 37.3 Å². The van der Waals surface area contributed by atoms with Crippen molar-refractivity contribution in [2.75, 3.05) is 19.0 Å². The standard InChI is InChI=1S/C19H19N3O3S/c1-3-25-12-15-11-14(9-10-16(15)24-2)17(23)20-19-22-21-18(26-19)13-7-5-4-6-8-13/h4-11H,3,12H2,1-2H3,(H,20,22,23). The lowest BCUT2D eigenvalue weighted by Crippen LogP contribution is -2.12. The van der Waals surface area contributed by atoms with Crippen LogP contribution in [0.1, 0.15) is 22.8 Å². The molecule has 1 amide bonds. The maximum absolute atomic E-state index is 12.5. The smallest absolute Gasteiger partial charge is 0.257 e. The summed E-state index contributed by atoms with van der Waals surface area (Å²) in [6.45, 7) is 2.90. The summed E-state index contributed by atoms with van der Waals surface area (Å²) >= 11 is 1.33. The number of ether oxygens (including phenoxy) is 2. The molecule has 0 aliphatic heterocycles. The highest BCUT2D eigenvalue weighted by Crippen LogP contribution is 2.27. The quantitative estimate of drug-likeness (QED) is 0.681. The molecule has 2 aromatic carbocycles. The van der Waals surface area contributed by atoms with Crippen LogP contribution < -0.4 is 10.1 Å². The molecule has 0 unspecified atom stereocenters. The molecule has 0 bridgehead atoms. The number of rotatable bonds is 7. The first kappa shape index (κ1) is 18.0. The van der Waals surface area contributed by atoms with Crippen molar-refractivity contribution in [2.24, 2.45) is 0 Å². The molecule has 1 heterocycles. The number of carbonyl (C=O) groups is 1. The Morgan fingerprint density at radius 2 is 1.96 bits per heavy atom. The molecule has 1 N–H and O–H groups in total. The molecule has 134 valence electrons. The first-order valence-electron chi connectivity index (χ1n) is 8.16. The molecule has 26 heavy (non-hydrogen) atoms. The Morgan fingerprint density at radius 1 is 1.15 bits per heavy atom. The van der Waals surface area contributed by atoms with Crippen molar-refractivity contribution in [3.8, 4) is 16.3 Å².